The van der Waals surface area contributed by atoms with Crippen LogP contribution < -0.4 is 19.5 Å². The van der Waals surface area contributed by atoms with Crippen LogP contribution >= 0.6 is 11.3 Å². The van der Waals surface area contributed by atoms with Crippen molar-refractivity contribution in [3.63, 3.8) is 0 Å². The molecular weight excluding hydrogens is 398 g/mol. The third-order valence-corrected chi connectivity index (χ3v) is 5.71. The molecule has 3 aromatic rings. The molecule has 1 aromatic heterocycles. The van der Waals surface area contributed by atoms with E-state index in [1.54, 1.807) is 37.7 Å². The number of hydrogen-bond acceptors (Lipinski definition) is 5. The van der Waals surface area contributed by atoms with Crippen molar-refractivity contribution in [1.29, 1.82) is 0 Å². The molecule has 0 spiro atoms. The Balaban J connectivity index is 1.84. The van der Waals surface area contributed by atoms with Gasteiger partial charge in [-0.15, -0.1) is 11.3 Å². The predicted molar refractivity (Wildman–Crippen MR) is 120 cm³/mol. The van der Waals surface area contributed by atoms with Crippen LogP contribution in [-0.4, -0.2) is 20.1 Å². The second kappa shape index (κ2) is 10.2. The first-order valence-electron chi connectivity index (χ1n) is 9.80. The Morgan fingerprint density at radius 1 is 1.00 bits per heavy atom. The number of hydrogen-bond donors (Lipinski definition) is 1. The second-order valence-corrected chi connectivity index (χ2v) is 8.17. The molecule has 0 fully saturated rings. The maximum Gasteiger partial charge on any atom is 0.252 e. The zero-order valence-corrected chi connectivity index (χ0v) is 18.5. The Kier molecular flexibility index (Phi) is 7.36. The molecule has 0 aliphatic rings. The van der Waals surface area contributed by atoms with E-state index in [9.17, 15) is 4.79 Å². The van der Waals surface area contributed by atoms with Crippen molar-refractivity contribution in [2.24, 2.45) is 5.92 Å². The quantitative estimate of drug-likeness (QED) is 0.494. The van der Waals surface area contributed by atoms with E-state index in [0.29, 0.717) is 29.4 Å². The van der Waals surface area contributed by atoms with Crippen molar-refractivity contribution in [3.05, 3.63) is 76.0 Å². The molecule has 1 unspecified atom stereocenters. The summed E-state index contributed by atoms with van der Waals surface area (Å²) in [6.07, 6.45) is 0. The maximum atomic E-state index is 13.0. The minimum Gasteiger partial charge on any atom is -0.493 e. The van der Waals surface area contributed by atoms with E-state index in [1.807, 2.05) is 47.8 Å². The molecule has 6 heteroatoms. The molecule has 1 N–H and O–H groups in total. The van der Waals surface area contributed by atoms with E-state index >= 15 is 0 Å². The Hall–Kier alpha value is -2.99. The first-order valence-corrected chi connectivity index (χ1v) is 10.7. The standard InChI is InChI=1S/C24H27NO4S/c1-16(2)22(21-11-8-12-30-21)25-24(26)18-13-19(27-3)23(20(14-18)28-4)29-15-17-9-6-5-7-10-17/h5-14,16,22H,15H2,1-4H3,(H,25,26). The fraction of sp³-hybridized carbons (Fsp3) is 0.292. The first-order chi connectivity index (χ1) is 14.5. The van der Waals surface area contributed by atoms with Gasteiger partial charge in [0.1, 0.15) is 6.61 Å². The van der Waals surface area contributed by atoms with Gasteiger partial charge in [-0.25, -0.2) is 0 Å². The van der Waals surface area contributed by atoms with Gasteiger partial charge in [-0.05, 0) is 35.1 Å². The monoisotopic (exact) mass is 425 g/mol. The molecule has 1 amide bonds. The number of ether oxygens (including phenoxy) is 3. The summed E-state index contributed by atoms with van der Waals surface area (Å²) in [5, 5.41) is 5.15. The number of carbonyl (C=O) groups is 1. The Morgan fingerprint density at radius 3 is 2.20 bits per heavy atom. The van der Waals surface area contributed by atoms with Crippen LogP contribution in [0.4, 0.5) is 0 Å². The normalized spacial score (nSPS) is 11.8. The van der Waals surface area contributed by atoms with Crippen LogP contribution in [0.2, 0.25) is 0 Å². The fourth-order valence-corrected chi connectivity index (χ4v) is 4.09. The lowest BCUT2D eigenvalue weighted by molar-refractivity contribution is 0.0925. The minimum atomic E-state index is -0.187. The summed E-state index contributed by atoms with van der Waals surface area (Å²) in [6, 6.07) is 17.2. The topological polar surface area (TPSA) is 56.8 Å². The fourth-order valence-electron chi connectivity index (χ4n) is 3.14. The average Bonchev–Trinajstić information content (AvgIpc) is 3.30. The molecule has 158 valence electrons. The van der Waals surface area contributed by atoms with Crippen molar-refractivity contribution < 1.29 is 19.0 Å². The Morgan fingerprint density at radius 2 is 1.67 bits per heavy atom. The molecule has 0 saturated heterocycles. The third-order valence-electron chi connectivity index (χ3n) is 4.75. The highest BCUT2D eigenvalue weighted by atomic mass is 32.1. The van der Waals surface area contributed by atoms with Crippen LogP contribution in [0.1, 0.15) is 40.7 Å². The second-order valence-electron chi connectivity index (χ2n) is 7.19. The maximum absolute atomic E-state index is 13.0. The lowest BCUT2D eigenvalue weighted by Gasteiger charge is -2.22. The van der Waals surface area contributed by atoms with Crippen LogP contribution in [0.3, 0.4) is 0 Å². The summed E-state index contributed by atoms with van der Waals surface area (Å²) in [7, 11) is 3.10. The van der Waals surface area contributed by atoms with Crippen LogP contribution in [0, 0.1) is 5.92 Å². The molecule has 0 aliphatic carbocycles. The number of carbonyl (C=O) groups excluding carboxylic acids is 1. The van der Waals surface area contributed by atoms with Gasteiger partial charge in [0.15, 0.2) is 11.5 Å². The zero-order chi connectivity index (χ0) is 21.5. The number of amides is 1. The van der Waals surface area contributed by atoms with Gasteiger partial charge in [-0.2, -0.15) is 0 Å². The molecule has 3 rings (SSSR count). The Bertz CT molecular complexity index is 930. The zero-order valence-electron chi connectivity index (χ0n) is 17.7. The SMILES string of the molecule is COc1cc(C(=O)NC(c2cccs2)C(C)C)cc(OC)c1OCc1ccccc1. The smallest absolute Gasteiger partial charge is 0.252 e. The van der Waals surface area contributed by atoms with E-state index in [2.05, 4.69) is 19.2 Å². The molecular formula is C24H27NO4S. The van der Waals surface area contributed by atoms with Crippen molar-refractivity contribution in [2.45, 2.75) is 26.5 Å². The number of methoxy groups -OCH3 is 2. The summed E-state index contributed by atoms with van der Waals surface area (Å²) in [6.45, 7) is 4.55. The average molecular weight is 426 g/mol. The van der Waals surface area contributed by atoms with Gasteiger partial charge in [-0.1, -0.05) is 50.2 Å². The van der Waals surface area contributed by atoms with Gasteiger partial charge >= 0.3 is 0 Å². The van der Waals surface area contributed by atoms with Crippen molar-refractivity contribution in [2.75, 3.05) is 14.2 Å². The summed E-state index contributed by atoms with van der Waals surface area (Å²) < 4.78 is 17.0. The summed E-state index contributed by atoms with van der Waals surface area (Å²) in [5.74, 6) is 1.44. The molecule has 0 saturated carbocycles. The van der Waals surface area contributed by atoms with Gasteiger partial charge in [0.25, 0.3) is 5.91 Å². The van der Waals surface area contributed by atoms with Crippen molar-refractivity contribution in [1.82, 2.24) is 5.32 Å². The van der Waals surface area contributed by atoms with E-state index in [1.165, 1.54) is 0 Å². The third kappa shape index (κ3) is 5.13. The van der Waals surface area contributed by atoms with Gasteiger partial charge in [0, 0.05) is 10.4 Å². The highest BCUT2D eigenvalue weighted by Gasteiger charge is 2.23. The first kappa shape index (κ1) is 21.7. The largest absolute Gasteiger partial charge is 0.493 e. The highest BCUT2D eigenvalue weighted by Crippen LogP contribution is 2.39. The van der Waals surface area contributed by atoms with Gasteiger partial charge < -0.3 is 19.5 Å². The molecule has 1 heterocycles. The van der Waals surface area contributed by atoms with Crippen molar-refractivity contribution in [3.8, 4) is 17.2 Å². The van der Waals surface area contributed by atoms with E-state index in [0.717, 1.165) is 10.4 Å². The number of nitrogens with one attached hydrogen (secondary N) is 1. The van der Waals surface area contributed by atoms with E-state index in [4.69, 9.17) is 14.2 Å². The molecule has 2 aromatic carbocycles. The molecule has 30 heavy (non-hydrogen) atoms. The van der Waals surface area contributed by atoms with E-state index in [-0.39, 0.29) is 17.9 Å². The van der Waals surface area contributed by atoms with Crippen LogP contribution in [0.15, 0.2) is 60.0 Å². The lowest BCUT2D eigenvalue weighted by Crippen LogP contribution is -2.31. The molecule has 0 bridgehead atoms. The van der Waals surface area contributed by atoms with Gasteiger partial charge in [-0.3, -0.25) is 4.79 Å². The Labute approximate surface area is 181 Å². The molecule has 1 atom stereocenters. The van der Waals surface area contributed by atoms with Gasteiger partial charge in [0.2, 0.25) is 5.75 Å². The number of benzene rings is 2. The van der Waals surface area contributed by atoms with Crippen LogP contribution in [-0.2, 0) is 6.61 Å². The van der Waals surface area contributed by atoms with Crippen LogP contribution in [0.25, 0.3) is 0 Å². The van der Waals surface area contributed by atoms with Crippen molar-refractivity contribution >= 4 is 17.2 Å². The van der Waals surface area contributed by atoms with Gasteiger partial charge in [0.05, 0.1) is 20.3 Å². The predicted octanol–water partition coefficient (Wildman–Crippen LogP) is 5.47. The van der Waals surface area contributed by atoms with E-state index < -0.39 is 0 Å². The lowest BCUT2D eigenvalue weighted by atomic mass is 10.0. The van der Waals surface area contributed by atoms with Crippen LogP contribution in [0.5, 0.6) is 17.2 Å². The minimum absolute atomic E-state index is 0.0662. The summed E-state index contributed by atoms with van der Waals surface area (Å²) in [5.41, 5.74) is 1.48. The summed E-state index contributed by atoms with van der Waals surface area (Å²) >= 11 is 1.63. The molecule has 5 nitrogen and oxygen atoms in total. The number of thiophene rings is 1. The highest BCUT2D eigenvalue weighted by molar-refractivity contribution is 7.10. The summed E-state index contributed by atoms with van der Waals surface area (Å²) in [4.78, 5) is 14.1. The molecule has 0 radical (unpaired) electrons. The molecule has 0 aliphatic heterocycles. The number of rotatable bonds is 9.